The third kappa shape index (κ3) is 4.72. The van der Waals surface area contributed by atoms with Crippen molar-refractivity contribution in [3.05, 3.63) is 98.3 Å². The zero-order chi connectivity index (χ0) is 22.7. The predicted molar refractivity (Wildman–Crippen MR) is 129 cm³/mol. The zero-order valence-electron chi connectivity index (χ0n) is 17.3. The molecule has 1 aliphatic heterocycles. The Labute approximate surface area is 198 Å². The van der Waals surface area contributed by atoms with E-state index in [1.54, 1.807) is 36.4 Å². The zero-order valence-corrected chi connectivity index (χ0v) is 19.5. The van der Waals surface area contributed by atoms with Crippen molar-refractivity contribution in [1.82, 2.24) is 0 Å². The smallest absolute Gasteiger partial charge is 0.363 e. The Bertz CT molecular complexity index is 1260. The van der Waals surface area contributed by atoms with Crippen LogP contribution in [0.5, 0.6) is 11.5 Å². The van der Waals surface area contributed by atoms with Crippen LogP contribution in [0.25, 0.3) is 6.08 Å². The summed E-state index contributed by atoms with van der Waals surface area (Å²) in [6, 6.07) is 19.8. The molecule has 3 aromatic carbocycles. The highest BCUT2D eigenvalue weighted by Gasteiger charge is 2.24. The van der Waals surface area contributed by atoms with Crippen LogP contribution in [-0.2, 0) is 9.53 Å². The van der Waals surface area contributed by atoms with Crippen LogP contribution in [0, 0.1) is 10.5 Å². The highest BCUT2D eigenvalue weighted by atomic mass is 127. The van der Waals surface area contributed by atoms with Gasteiger partial charge in [-0.2, -0.15) is 0 Å². The largest absolute Gasteiger partial charge is 0.493 e. The Morgan fingerprint density at radius 1 is 1.06 bits per heavy atom. The molecule has 0 atom stereocenters. The number of esters is 2. The molecule has 0 bridgehead atoms. The summed E-state index contributed by atoms with van der Waals surface area (Å²) in [6.45, 7) is 1.91. The second-order valence-electron chi connectivity index (χ2n) is 7.00. The second-order valence-corrected chi connectivity index (χ2v) is 8.16. The third-order valence-electron chi connectivity index (χ3n) is 4.64. The molecule has 0 aliphatic carbocycles. The maximum atomic E-state index is 12.6. The molecule has 160 valence electrons. The number of cyclic esters (lactones) is 1. The van der Waals surface area contributed by atoms with Gasteiger partial charge in [0.2, 0.25) is 5.90 Å². The molecule has 4 rings (SSSR count). The quantitative estimate of drug-likeness (QED) is 0.194. The summed E-state index contributed by atoms with van der Waals surface area (Å²) in [5, 5.41) is 0. The fourth-order valence-electron chi connectivity index (χ4n) is 3.12. The fraction of sp³-hybridized carbons (Fsp3) is 0.0800. The van der Waals surface area contributed by atoms with E-state index in [1.807, 2.05) is 43.3 Å². The lowest BCUT2D eigenvalue weighted by Gasteiger charge is -2.12. The van der Waals surface area contributed by atoms with Crippen molar-refractivity contribution in [3.63, 3.8) is 0 Å². The van der Waals surface area contributed by atoms with Crippen molar-refractivity contribution in [3.8, 4) is 11.5 Å². The van der Waals surface area contributed by atoms with E-state index in [0.717, 1.165) is 11.1 Å². The lowest BCUT2D eigenvalue weighted by Crippen LogP contribution is -2.10. The van der Waals surface area contributed by atoms with Gasteiger partial charge in [-0.05, 0) is 77.6 Å². The lowest BCUT2D eigenvalue weighted by molar-refractivity contribution is -0.129. The first-order valence-electron chi connectivity index (χ1n) is 9.69. The van der Waals surface area contributed by atoms with E-state index in [1.165, 1.54) is 7.11 Å². The number of halogens is 1. The number of methoxy groups -OCH3 is 1. The first kappa shape index (κ1) is 21.8. The van der Waals surface area contributed by atoms with E-state index >= 15 is 0 Å². The Hall–Kier alpha value is -3.46. The summed E-state index contributed by atoms with van der Waals surface area (Å²) in [5.74, 6) is -0.0832. The van der Waals surface area contributed by atoms with Crippen molar-refractivity contribution in [2.24, 2.45) is 4.99 Å². The standard InChI is InChI=1S/C25H18INO5/c1-15-7-6-10-18(11-15)24(28)31-22-19(26)12-16(14-21(22)30-2)13-20-25(29)32-23(27-20)17-8-4-3-5-9-17/h3-14H,1-2H3/b20-13-. The van der Waals surface area contributed by atoms with Crippen molar-refractivity contribution >= 4 is 46.5 Å². The molecule has 0 unspecified atom stereocenters. The van der Waals surface area contributed by atoms with Gasteiger partial charge in [-0.3, -0.25) is 0 Å². The number of carbonyl (C=O) groups is 2. The maximum Gasteiger partial charge on any atom is 0.363 e. The Kier molecular flexibility index (Phi) is 6.36. The highest BCUT2D eigenvalue weighted by Crippen LogP contribution is 2.35. The minimum atomic E-state index is -0.534. The van der Waals surface area contributed by atoms with Crippen LogP contribution in [-0.4, -0.2) is 24.9 Å². The summed E-state index contributed by atoms with van der Waals surface area (Å²) >= 11 is 2.06. The second kappa shape index (κ2) is 9.35. The van der Waals surface area contributed by atoms with E-state index < -0.39 is 11.9 Å². The number of hydrogen-bond donors (Lipinski definition) is 0. The molecule has 1 aliphatic rings. The van der Waals surface area contributed by atoms with Gasteiger partial charge >= 0.3 is 11.9 Å². The molecule has 0 amide bonds. The molecule has 0 N–H and O–H groups in total. The molecule has 0 aromatic heterocycles. The Morgan fingerprint density at radius 2 is 1.84 bits per heavy atom. The topological polar surface area (TPSA) is 74.2 Å². The Balaban J connectivity index is 1.63. The number of aliphatic imine (C=N–C) groups is 1. The average Bonchev–Trinajstić information content (AvgIpc) is 3.16. The lowest BCUT2D eigenvalue weighted by atomic mass is 10.1. The number of aryl methyl sites for hydroxylation is 1. The molecule has 0 saturated heterocycles. The van der Waals surface area contributed by atoms with Crippen LogP contribution < -0.4 is 9.47 Å². The van der Waals surface area contributed by atoms with Crippen LogP contribution in [0.2, 0.25) is 0 Å². The molecule has 32 heavy (non-hydrogen) atoms. The van der Waals surface area contributed by atoms with Crippen LogP contribution >= 0.6 is 22.6 Å². The van der Waals surface area contributed by atoms with Gasteiger partial charge < -0.3 is 14.2 Å². The molecule has 0 spiro atoms. The van der Waals surface area contributed by atoms with Crippen LogP contribution in [0.4, 0.5) is 0 Å². The first-order chi connectivity index (χ1) is 15.4. The Morgan fingerprint density at radius 3 is 2.56 bits per heavy atom. The summed E-state index contributed by atoms with van der Waals surface area (Å²) in [6.07, 6.45) is 1.61. The summed E-state index contributed by atoms with van der Waals surface area (Å²) in [5.41, 5.74) is 2.96. The van der Waals surface area contributed by atoms with Crippen molar-refractivity contribution < 1.29 is 23.8 Å². The average molecular weight is 539 g/mol. The minimum absolute atomic E-state index is 0.172. The van der Waals surface area contributed by atoms with Crippen molar-refractivity contribution in [2.45, 2.75) is 6.92 Å². The number of rotatable bonds is 5. The SMILES string of the molecule is COc1cc(/C=C2\N=C(c3ccccc3)OC2=O)cc(I)c1OC(=O)c1cccc(C)c1. The van der Waals surface area contributed by atoms with E-state index in [-0.39, 0.29) is 11.6 Å². The van der Waals surface area contributed by atoms with Crippen LogP contribution in [0.3, 0.4) is 0 Å². The van der Waals surface area contributed by atoms with E-state index in [9.17, 15) is 9.59 Å². The minimum Gasteiger partial charge on any atom is -0.493 e. The van der Waals surface area contributed by atoms with Gasteiger partial charge in [0.25, 0.3) is 0 Å². The van der Waals surface area contributed by atoms with Gasteiger partial charge in [-0.1, -0.05) is 35.9 Å². The van der Waals surface area contributed by atoms with Gasteiger partial charge in [0.05, 0.1) is 16.2 Å². The number of ether oxygens (including phenoxy) is 3. The van der Waals surface area contributed by atoms with Gasteiger partial charge in [0.1, 0.15) is 0 Å². The van der Waals surface area contributed by atoms with Gasteiger partial charge in [-0.15, -0.1) is 0 Å². The van der Waals surface area contributed by atoms with Gasteiger partial charge in [0.15, 0.2) is 17.2 Å². The molecule has 7 heteroatoms. The maximum absolute atomic E-state index is 12.6. The molecule has 3 aromatic rings. The number of hydrogen-bond acceptors (Lipinski definition) is 6. The summed E-state index contributed by atoms with van der Waals surface area (Å²) in [4.78, 5) is 29.2. The summed E-state index contributed by atoms with van der Waals surface area (Å²) < 4.78 is 17.0. The van der Waals surface area contributed by atoms with Crippen molar-refractivity contribution in [1.29, 1.82) is 0 Å². The van der Waals surface area contributed by atoms with Crippen molar-refractivity contribution in [2.75, 3.05) is 7.11 Å². The normalized spacial score (nSPS) is 14.2. The van der Waals surface area contributed by atoms with Gasteiger partial charge in [-0.25, -0.2) is 14.6 Å². The number of nitrogens with zero attached hydrogens (tertiary/aromatic N) is 1. The van der Waals surface area contributed by atoms with Crippen LogP contribution in [0.1, 0.15) is 27.0 Å². The monoisotopic (exact) mass is 539 g/mol. The molecular formula is C25H18INO5. The van der Waals surface area contributed by atoms with Crippen LogP contribution in [0.15, 0.2) is 77.4 Å². The van der Waals surface area contributed by atoms with Gasteiger partial charge in [0, 0.05) is 5.56 Å². The molecule has 0 fully saturated rings. The molecule has 6 nitrogen and oxygen atoms in total. The highest BCUT2D eigenvalue weighted by molar-refractivity contribution is 14.1. The number of carbonyl (C=O) groups excluding carboxylic acids is 2. The van der Waals surface area contributed by atoms with E-state index in [2.05, 4.69) is 27.6 Å². The fourth-order valence-corrected chi connectivity index (χ4v) is 3.85. The predicted octanol–water partition coefficient (Wildman–Crippen LogP) is 5.17. The molecular weight excluding hydrogens is 521 g/mol. The first-order valence-corrected chi connectivity index (χ1v) is 10.8. The molecule has 1 heterocycles. The third-order valence-corrected chi connectivity index (χ3v) is 5.45. The van der Waals surface area contributed by atoms with E-state index in [4.69, 9.17) is 14.2 Å². The van der Waals surface area contributed by atoms with E-state index in [0.29, 0.717) is 26.2 Å². The number of benzene rings is 3. The molecule has 0 saturated carbocycles. The molecule has 0 radical (unpaired) electrons. The summed E-state index contributed by atoms with van der Waals surface area (Å²) in [7, 11) is 1.49.